The molecule has 1 saturated carbocycles. The Morgan fingerprint density at radius 2 is 2.26 bits per heavy atom. The Bertz CT molecular complexity index is 873. The minimum Gasteiger partial charge on any atom is -0.393 e. The van der Waals surface area contributed by atoms with Crippen LogP contribution in [0.4, 0.5) is 5.95 Å². The van der Waals surface area contributed by atoms with Crippen LogP contribution in [-0.4, -0.2) is 59.7 Å². The lowest BCUT2D eigenvalue weighted by molar-refractivity contribution is -0.233. The first-order chi connectivity index (χ1) is 11.0. The number of nitrogen functional groups attached to an aromatic ring is 1. The molecule has 0 unspecified atom stereocenters. The van der Waals surface area contributed by atoms with Gasteiger partial charge in [0.25, 0.3) is 5.56 Å². The van der Waals surface area contributed by atoms with Gasteiger partial charge < -0.3 is 25.4 Å². The summed E-state index contributed by atoms with van der Waals surface area (Å²) >= 11 is 0. The molecule has 0 aromatic carbocycles. The highest BCUT2D eigenvalue weighted by Gasteiger charge is 2.78. The smallest absolute Gasteiger partial charge is 0.280 e. The van der Waals surface area contributed by atoms with Crippen molar-refractivity contribution in [3.63, 3.8) is 0 Å². The van der Waals surface area contributed by atoms with Crippen molar-refractivity contribution in [2.24, 2.45) is 0 Å². The molecule has 0 radical (unpaired) electrons. The molecule has 10 heteroatoms. The van der Waals surface area contributed by atoms with Gasteiger partial charge in [0.15, 0.2) is 23.0 Å². The van der Waals surface area contributed by atoms with Crippen LogP contribution in [0.2, 0.25) is 0 Å². The predicted molar refractivity (Wildman–Crippen MR) is 75.3 cm³/mol. The van der Waals surface area contributed by atoms with Crippen LogP contribution in [0.1, 0.15) is 19.1 Å². The van der Waals surface area contributed by atoms with Crippen LogP contribution in [0.25, 0.3) is 11.2 Å². The van der Waals surface area contributed by atoms with E-state index in [1.807, 2.05) is 0 Å². The lowest BCUT2D eigenvalue weighted by atomic mass is 9.91. The van der Waals surface area contributed by atoms with Crippen LogP contribution in [0, 0.1) is 0 Å². The summed E-state index contributed by atoms with van der Waals surface area (Å²) in [6.07, 6.45) is 0.522. The number of anilines is 1. The van der Waals surface area contributed by atoms with Crippen molar-refractivity contribution in [1.82, 2.24) is 19.5 Å². The third kappa shape index (κ3) is 1.40. The molecule has 1 aliphatic carbocycles. The normalized spacial score (nSPS) is 37.0. The van der Waals surface area contributed by atoms with Crippen molar-refractivity contribution in [1.29, 1.82) is 0 Å². The second kappa shape index (κ2) is 3.90. The number of hydrogen-bond acceptors (Lipinski definition) is 8. The number of ether oxygens (including phenoxy) is 2. The molecule has 0 amide bonds. The number of rotatable bonds is 2. The molecule has 23 heavy (non-hydrogen) atoms. The maximum Gasteiger partial charge on any atom is 0.280 e. The fourth-order valence-corrected chi connectivity index (χ4v) is 3.91. The van der Waals surface area contributed by atoms with Crippen molar-refractivity contribution < 1.29 is 19.7 Å². The van der Waals surface area contributed by atoms with E-state index in [1.54, 1.807) is 0 Å². The molecule has 4 atom stereocenters. The minimum atomic E-state index is -1.15. The number of aliphatic hydroxyl groups excluding tert-OH is 2. The van der Waals surface area contributed by atoms with Gasteiger partial charge in [0.05, 0.1) is 12.9 Å². The van der Waals surface area contributed by atoms with Gasteiger partial charge in [-0.1, -0.05) is 0 Å². The number of nitrogens with two attached hydrogens (primary N) is 1. The van der Waals surface area contributed by atoms with E-state index in [2.05, 4.69) is 15.0 Å². The third-order valence-corrected chi connectivity index (χ3v) is 5.20. The molecule has 2 aromatic heterocycles. The van der Waals surface area contributed by atoms with Gasteiger partial charge in [-0.25, -0.2) is 4.98 Å². The van der Waals surface area contributed by atoms with E-state index < -0.39 is 35.2 Å². The number of aromatic amines is 1. The molecular weight excluding hydrogens is 306 g/mol. The van der Waals surface area contributed by atoms with Crippen LogP contribution < -0.4 is 11.3 Å². The number of aromatic nitrogens is 4. The molecular formula is C13H15N5O5. The van der Waals surface area contributed by atoms with E-state index in [-0.39, 0.29) is 23.7 Å². The summed E-state index contributed by atoms with van der Waals surface area (Å²) < 4.78 is 13.5. The van der Waals surface area contributed by atoms with E-state index in [0.29, 0.717) is 0 Å². The second-order valence-corrected chi connectivity index (χ2v) is 6.35. The maximum atomic E-state index is 11.9. The first kappa shape index (κ1) is 13.4. The Morgan fingerprint density at radius 3 is 2.96 bits per heavy atom. The lowest BCUT2D eigenvalue weighted by Crippen LogP contribution is -2.52. The van der Waals surface area contributed by atoms with Crippen LogP contribution in [0.5, 0.6) is 0 Å². The summed E-state index contributed by atoms with van der Waals surface area (Å²) in [5, 5.41) is 20.4. The number of hydrogen-bond donors (Lipinski definition) is 4. The van der Waals surface area contributed by atoms with Crippen molar-refractivity contribution >= 4 is 17.1 Å². The average molecular weight is 321 g/mol. The van der Waals surface area contributed by atoms with Gasteiger partial charge in [0.2, 0.25) is 5.95 Å². The van der Waals surface area contributed by atoms with Crippen LogP contribution in [0.15, 0.2) is 11.1 Å². The van der Waals surface area contributed by atoms with Gasteiger partial charge in [0, 0.05) is 0 Å². The molecule has 1 spiro atoms. The summed E-state index contributed by atoms with van der Waals surface area (Å²) in [7, 11) is 0. The van der Waals surface area contributed by atoms with E-state index >= 15 is 0 Å². The Hall–Kier alpha value is -2.01. The number of imidazole rings is 1. The maximum absolute atomic E-state index is 11.9. The number of fused-ring (bicyclic) bond motifs is 4. The number of aliphatic hydroxyl groups is 2. The van der Waals surface area contributed by atoms with Gasteiger partial charge in [-0.2, -0.15) is 4.98 Å². The standard InChI is InChI=1S/C13H15N5O5/c14-11-16-8-5(9(21)17-11)15-4-18(8)10-6-7(20)13(3-19,23-10)12(22-6)1-2-12/h4,6-7,10,19-20H,1-3H2,(H3,14,16,17,21)/t6-,7+,10-,13-/m1/s1. The molecule has 122 valence electrons. The topological polar surface area (TPSA) is 149 Å². The Morgan fingerprint density at radius 1 is 1.48 bits per heavy atom. The molecule has 2 aromatic rings. The molecule has 3 fully saturated rings. The predicted octanol–water partition coefficient (Wildman–Crippen LogP) is -1.75. The lowest BCUT2D eigenvalue weighted by Gasteiger charge is -2.36. The first-order valence-electron chi connectivity index (χ1n) is 7.38. The van der Waals surface area contributed by atoms with Crippen molar-refractivity contribution in [2.45, 2.75) is 42.5 Å². The van der Waals surface area contributed by atoms with Gasteiger partial charge >= 0.3 is 0 Å². The van der Waals surface area contributed by atoms with Crippen molar-refractivity contribution in [3.8, 4) is 0 Å². The van der Waals surface area contributed by atoms with Gasteiger partial charge in [-0.3, -0.25) is 14.3 Å². The number of nitrogens with one attached hydrogen (secondary N) is 1. The van der Waals surface area contributed by atoms with Gasteiger partial charge in [0.1, 0.15) is 17.8 Å². The van der Waals surface area contributed by atoms with E-state index in [0.717, 1.165) is 12.8 Å². The first-order valence-corrected chi connectivity index (χ1v) is 7.38. The molecule has 4 heterocycles. The zero-order valence-corrected chi connectivity index (χ0v) is 12.0. The highest BCUT2D eigenvalue weighted by Crippen LogP contribution is 2.64. The molecule has 10 nitrogen and oxygen atoms in total. The van der Waals surface area contributed by atoms with Crippen molar-refractivity contribution in [2.75, 3.05) is 12.3 Å². The third-order valence-electron chi connectivity index (χ3n) is 5.20. The van der Waals surface area contributed by atoms with Crippen LogP contribution in [0.3, 0.4) is 0 Å². The fraction of sp³-hybridized carbons (Fsp3) is 0.615. The van der Waals surface area contributed by atoms with E-state index in [4.69, 9.17) is 15.2 Å². The largest absolute Gasteiger partial charge is 0.393 e. The molecule has 2 aliphatic heterocycles. The zero-order valence-electron chi connectivity index (χ0n) is 12.0. The van der Waals surface area contributed by atoms with Gasteiger partial charge in [-0.15, -0.1) is 0 Å². The Balaban J connectivity index is 1.64. The summed E-state index contributed by atoms with van der Waals surface area (Å²) in [5.41, 5.74) is 3.75. The van der Waals surface area contributed by atoms with E-state index in [1.165, 1.54) is 10.9 Å². The minimum absolute atomic E-state index is 0.0376. The van der Waals surface area contributed by atoms with Crippen LogP contribution >= 0.6 is 0 Å². The monoisotopic (exact) mass is 321 g/mol. The Labute approximate surface area is 128 Å². The zero-order chi connectivity index (χ0) is 16.0. The number of nitrogens with zero attached hydrogens (tertiary/aromatic N) is 3. The summed E-state index contributed by atoms with van der Waals surface area (Å²) in [6.45, 7) is -0.343. The van der Waals surface area contributed by atoms with Gasteiger partial charge in [-0.05, 0) is 12.8 Å². The van der Waals surface area contributed by atoms with E-state index in [9.17, 15) is 15.0 Å². The quantitative estimate of drug-likeness (QED) is 0.509. The molecule has 2 bridgehead atoms. The SMILES string of the molecule is Nc1nc2c(ncn2[C@@H]2O[C@]3(CO)[C@@H](O)[C@H]2OC32CC2)c(=O)[nH]1. The highest BCUT2D eigenvalue weighted by atomic mass is 16.7. The fourth-order valence-electron chi connectivity index (χ4n) is 3.91. The summed E-state index contributed by atoms with van der Waals surface area (Å²) in [6, 6.07) is 0. The summed E-state index contributed by atoms with van der Waals surface area (Å²) in [4.78, 5) is 22.4. The second-order valence-electron chi connectivity index (χ2n) is 6.35. The van der Waals surface area contributed by atoms with Crippen molar-refractivity contribution in [3.05, 3.63) is 16.7 Å². The molecule has 3 aliphatic rings. The molecule has 2 saturated heterocycles. The van der Waals surface area contributed by atoms with Crippen LogP contribution in [-0.2, 0) is 9.47 Å². The highest BCUT2D eigenvalue weighted by molar-refractivity contribution is 5.70. The Kier molecular flexibility index (Phi) is 2.28. The summed E-state index contributed by atoms with van der Waals surface area (Å²) in [5.74, 6) is -0.0376. The molecule has 5 N–H and O–H groups in total. The average Bonchev–Trinajstić information content (AvgIpc) is 2.98. The molecule has 5 rings (SSSR count). The number of H-pyrrole nitrogens is 1.